The van der Waals surface area contributed by atoms with Gasteiger partial charge in [-0.1, -0.05) is 74.5 Å². The minimum atomic E-state index is -0.708. The Hall–Kier alpha value is -3.51. The van der Waals surface area contributed by atoms with Crippen molar-refractivity contribution in [3.8, 4) is 0 Å². The lowest BCUT2D eigenvalue weighted by Gasteiger charge is -2.24. The van der Waals surface area contributed by atoms with Gasteiger partial charge in [0.1, 0.15) is 6.04 Å². The average Bonchev–Trinajstić information content (AvgIpc) is 3.04. The summed E-state index contributed by atoms with van der Waals surface area (Å²) in [5.41, 5.74) is 1.68. The van der Waals surface area contributed by atoms with Crippen molar-refractivity contribution in [3.63, 3.8) is 0 Å². The molecule has 1 aliphatic heterocycles. The molecule has 0 spiro atoms. The number of nitrogens with zero attached hydrogens (tertiary/aromatic N) is 1. The Bertz CT molecular complexity index is 1210. The number of hydrogen-bond acceptors (Lipinski definition) is 4. The van der Waals surface area contributed by atoms with Gasteiger partial charge in [0.15, 0.2) is 5.78 Å². The smallest absolute Gasteiger partial charge is 0.251 e. The Balaban J connectivity index is 1.40. The number of rotatable bonds is 8. The topological polar surface area (TPSA) is 78.5 Å². The molecule has 2 atom stereocenters. The zero-order chi connectivity index (χ0) is 25.5. The normalized spacial score (nSPS) is 17.5. The number of carbonyl (C=O) groups is 3. The van der Waals surface area contributed by atoms with Crippen LogP contribution < -0.4 is 10.6 Å². The van der Waals surface area contributed by atoms with E-state index in [1.54, 1.807) is 6.07 Å². The van der Waals surface area contributed by atoms with E-state index in [1.807, 2.05) is 68.4 Å². The van der Waals surface area contributed by atoms with E-state index in [1.165, 1.54) is 5.56 Å². The van der Waals surface area contributed by atoms with Crippen LogP contribution in [0.2, 0.25) is 0 Å². The van der Waals surface area contributed by atoms with Crippen molar-refractivity contribution in [2.24, 2.45) is 5.92 Å². The van der Waals surface area contributed by atoms with Gasteiger partial charge in [-0.15, -0.1) is 0 Å². The Morgan fingerprint density at radius 3 is 2.44 bits per heavy atom. The quantitative estimate of drug-likeness (QED) is 0.498. The lowest BCUT2D eigenvalue weighted by Crippen LogP contribution is -2.52. The van der Waals surface area contributed by atoms with Crippen molar-refractivity contribution in [1.82, 2.24) is 15.5 Å². The molecule has 1 heterocycles. The fraction of sp³-hybridized carbons (Fsp3) is 0.367. The van der Waals surface area contributed by atoms with Gasteiger partial charge in [0.25, 0.3) is 5.91 Å². The van der Waals surface area contributed by atoms with Crippen molar-refractivity contribution in [2.45, 2.75) is 51.7 Å². The van der Waals surface area contributed by atoms with E-state index in [2.05, 4.69) is 27.7 Å². The summed E-state index contributed by atoms with van der Waals surface area (Å²) < 4.78 is 0. The van der Waals surface area contributed by atoms with Crippen molar-refractivity contribution in [2.75, 3.05) is 13.1 Å². The number of ketones is 1. The number of likely N-dealkylation sites (tertiary alicyclic amines) is 1. The zero-order valence-electron chi connectivity index (χ0n) is 21.1. The van der Waals surface area contributed by atoms with Gasteiger partial charge in [-0.2, -0.15) is 0 Å². The van der Waals surface area contributed by atoms with E-state index in [0.717, 1.165) is 23.7 Å². The molecule has 1 aliphatic rings. The molecule has 1 saturated heterocycles. The molecule has 0 aromatic heterocycles. The fourth-order valence-electron chi connectivity index (χ4n) is 4.77. The summed E-state index contributed by atoms with van der Waals surface area (Å²) in [6, 6.07) is 22.2. The highest BCUT2D eigenvalue weighted by molar-refractivity contribution is 6.01. The van der Waals surface area contributed by atoms with E-state index in [0.29, 0.717) is 31.5 Å². The molecular formula is C30H35N3O3. The summed E-state index contributed by atoms with van der Waals surface area (Å²) in [6.07, 6.45) is 1.91. The van der Waals surface area contributed by atoms with Crippen LogP contribution in [0.15, 0.2) is 72.8 Å². The molecular weight excluding hydrogens is 450 g/mol. The maximum Gasteiger partial charge on any atom is 0.251 e. The van der Waals surface area contributed by atoms with Gasteiger partial charge in [0.2, 0.25) is 5.91 Å². The Labute approximate surface area is 213 Å². The molecule has 0 radical (unpaired) electrons. The molecule has 6 heteroatoms. The molecule has 0 saturated carbocycles. The molecule has 3 aromatic carbocycles. The monoisotopic (exact) mass is 485 g/mol. The minimum Gasteiger partial charge on any atom is -0.344 e. The standard InChI is InChI=1S/C30H35N3O3/c1-21(2)17-27(32-29(35)25-15-14-23-11-6-7-12-24(23)18-25)30(36)31-26-13-8-16-33(20-28(26)34)19-22-9-4-3-5-10-22/h3-7,9-12,14-15,18,21,26-27H,8,13,16-17,19-20H2,1-2H3,(H,31,36)(H,32,35)/t26?,27-/m0/s1. The summed E-state index contributed by atoms with van der Waals surface area (Å²) >= 11 is 0. The predicted octanol–water partition coefficient (Wildman–Crippen LogP) is 4.33. The van der Waals surface area contributed by atoms with Crippen molar-refractivity contribution < 1.29 is 14.4 Å². The third-order valence-electron chi connectivity index (χ3n) is 6.64. The number of amides is 2. The largest absolute Gasteiger partial charge is 0.344 e. The molecule has 0 aliphatic carbocycles. The molecule has 36 heavy (non-hydrogen) atoms. The van der Waals surface area contributed by atoms with Gasteiger partial charge in [-0.05, 0) is 60.2 Å². The van der Waals surface area contributed by atoms with Crippen LogP contribution in [0, 0.1) is 5.92 Å². The van der Waals surface area contributed by atoms with Crippen LogP contribution in [0.25, 0.3) is 10.8 Å². The molecule has 2 amide bonds. The van der Waals surface area contributed by atoms with E-state index in [4.69, 9.17) is 0 Å². The number of carbonyl (C=O) groups excluding carboxylic acids is 3. The highest BCUT2D eigenvalue weighted by Gasteiger charge is 2.30. The van der Waals surface area contributed by atoms with Crippen LogP contribution in [0.5, 0.6) is 0 Å². The van der Waals surface area contributed by atoms with Gasteiger partial charge in [-0.25, -0.2) is 0 Å². The van der Waals surface area contributed by atoms with E-state index in [-0.39, 0.29) is 23.5 Å². The Morgan fingerprint density at radius 1 is 0.972 bits per heavy atom. The molecule has 1 unspecified atom stereocenters. The maximum atomic E-state index is 13.3. The SMILES string of the molecule is CC(C)C[C@H](NC(=O)c1ccc2ccccc2c1)C(=O)NC1CCCN(Cc2ccccc2)CC1=O. The first kappa shape index (κ1) is 25.6. The highest BCUT2D eigenvalue weighted by Crippen LogP contribution is 2.17. The molecule has 0 bridgehead atoms. The first-order valence-corrected chi connectivity index (χ1v) is 12.8. The van der Waals surface area contributed by atoms with Crippen molar-refractivity contribution >= 4 is 28.4 Å². The second kappa shape index (κ2) is 12.0. The summed E-state index contributed by atoms with van der Waals surface area (Å²) in [5.74, 6) is -0.375. The van der Waals surface area contributed by atoms with Crippen LogP contribution in [0.1, 0.15) is 49.0 Å². The molecule has 6 nitrogen and oxygen atoms in total. The van der Waals surface area contributed by atoms with Crippen LogP contribution >= 0.6 is 0 Å². The first-order chi connectivity index (χ1) is 17.4. The van der Waals surface area contributed by atoms with E-state index in [9.17, 15) is 14.4 Å². The molecule has 3 aromatic rings. The summed E-state index contributed by atoms with van der Waals surface area (Å²) in [4.78, 5) is 41.5. The molecule has 4 rings (SSSR count). The number of fused-ring (bicyclic) bond motifs is 1. The highest BCUT2D eigenvalue weighted by atomic mass is 16.2. The Morgan fingerprint density at radius 2 is 1.69 bits per heavy atom. The lowest BCUT2D eigenvalue weighted by molar-refractivity contribution is -0.129. The Kier molecular flexibility index (Phi) is 8.49. The zero-order valence-corrected chi connectivity index (χ0v) is 21.1. The van der Waals surface area contributed by atoms with Crippen LogP contribution in [0.4, 0.5) is 0 Å². The predicted molar refractivity (Wildman–Crippen MR) is 143 cm³/mol. The third-order valence-corrected chi connectivity index (χ3v) is 6.64. The van der Waals surface area contributed by atoms with Gasteiger partial charge in [-0.3, -0.25) is 19.3 Å². The van der Waals surface area contributed by atoms with Gasteiger partial charge in [0.05, 0.1) is 12.6 Å². The van der Waals surface area contributed by atoms with Gasteiger partial charge in [0, 0.05) is 12.1 Å². The molecule has 1 fully saturated rings. The summed E-state index contributed by atoms with van der Waals surface area (Å²) in [6.45, 7) is 5.85. The minimum absolute atomic E-state index is 0.0148. The van der Waals surface area contributed by atoms with Crippen LogP contribution in [0.3, 0.4) is 0 Å². The average molecular weight is 486 g/mol. The lowest BCUT2D eigenvalue weighted by atomic mass is 10.0. The summed E-state index contributed by atoms with van der Waals surface area (Å²) in [5, 5.41) is 7.90. The molecule has 2 N–H and O–H groups in total. The fourth-order valence-corrected chi connectivity index (χ4v) is 4.77. The van der Waals surface area contributed by atoms with Crippen molar-refractivity contribution in [3.05, 3.63) is 83.9 Å². The second-order valence-electron chi connectivity index (χ2n) is 10.1. The van der Waals surface area contributed by atoms with E-state index >= 15 is 0 Å². The van der Waals surface area contributed by atoms with Crippen LogP contribution in [-0.2, 0) is 16.1 Å². The van der Waals surface area contributed by atoms with E-state index < -0.39 is 12.1 Å². The number of nitrogens with one attached hydrogen (secondary N) is 2. The number of hydrogen-bond donors (Lipinski definition) is 2. The second-order valence-corrected chi connectivity index (χ2v) is 10.1. The molecule has 188 valence electrons. The van der Waals surface area contributed by atoms with Crippen molar-refractivity contribution in [1.29, 1.82) is 0 Å². The van der Waals surface area contributed by atoms with Gasteiger partial charge < -0.3 is 10.6 Å². The summed E-state index contributed by atoms with van der Waals surface area (Å²) in [7, 11) is 0. The third kappa shape index (κ3) is 6.79. The van der Waals surface area contributed by atoms with Crippen LogP contribution in [-0.4, -0.2) is 47.7 Å². The first-order valence-electron chi connectivity index (χ1n) is 12.8. The maximum absolute atomic E-state index is 13.3. The number of Topliss-reactive ketones (excluding diaryl/α,β-unsaturated/α-hetero) is 1. The van der Waals surface area contributed by atoms with Gasteiger partial charge >= 0.3 is 0 Å². The number of benzene rings is 3.